The minimum absolute atomic E-state index is 0.207. The second-order valence-electron chi connectivity index (χ2n) is 3.57. The first-order valence-corrected chi connectivity index (χ1v) is 7.21. The van der Waals surface area contributed by atoms with Gasteiger partial charge in [-0.3, -0.25) is 9.78 Å². The molecule has 0 bridgehead atoms. The van der Waals surface area contributed by atoms with E-state index < -0.39 is 5.97 Å². The fourth-order valence-corrected chi connectivity index (χ4v) is 3.18. The number of hydrogen-bond donors (Lipinski definition) is 0. The number of hydrogen-bond acceptors (Lipinski definition) is 5. The number of ether oxygens (including phenoxy) is 1. The van der Waals surface area contributed by atoms with Crippen LogP contribution in [0.5, 0.6) is 0 Å². The molecule has 2 heterocycles. The summed E-state index contributed by atoms with van der Waals surface area (Å²) in [5.74, 6) is -0.700. The Morgan fingerprint density at radius 2 is 2.05 bits per heavy atom. The van der Waals surface area contributed by atoms with Crippen LogP contribution in [0.2, 0.25) is 0 Å². The summed E-state index contributed by atoms with van der Waals surface area (Å²) >= 11 is 4.49. The molecule has 0 saturated carbocycles. The summed E-state index contributed by atoms with van der Waals surface area (Å²) in [6.45, 7) is 1.99. The van der Waals surface area contributed by atoms with E-state index in [4.69, 9.17) is 4.74 Å². The molecule has 0 aliphatic carbocycles. The van der Waals surface area contributed by atoms with Crippen molar-refractivity contribution in [3.8, 4) is 0 Å². The van der Waals surface area contributed by atoms with E-state index >= 15 is 0 Å². The molecular formula is C13H10BrNO3S. The van der Waals surface area contributed by atoms with Gasteiger partial charge in [0.15, 0.2) is 0 Å². The zero-order chi connectivity index (χ0) is 13.8. The van der Waals surface area contributed by atoms with E-state index in [1.807, 2.05) is 0 Å². The fraction of sp³-hybridized carbons (Fsp3) is 0.154. The minimum Gasteiger partial charge on any atom is -0.462 e. The Labute approximate surface area is 122 Å². The number of rotatable bonds is 4. The summed E-state index contributed by atoms with van der Waals surface area (Å²) < 4.78 is 5.54. The van der Waals surface area contributed by atoms with Crippen LogP contribution in [-0.4, -0.2) is 23.3 Å². The molecule has 0 N–H and O–H groups in total. The van der Waals surface area contributed by atoms with E-state index in [0.717, 1.165) is 0 Å². The highest BCUT2D eigenvalue weighted by molar-refractivity contribution is 9.10. The predicted octanol–water partition coefficient (Wildman–Crippen LogP) is 3.31. The van der Waals surface area contributed by atoms with Crippen LogP contribution >= 0.6 is 27.3 Å². The third-order valence-corrected chi connectivity index (χ3v) is 4.28. The fourth-order valence-electron chi connectivity index (χ4n) is 1.53. The molecule has 0 aliphatic heterocycles. The maximum absolute atomic E-state index is 12.3. The molecule has 0 aromatic carbocycles. The first-order chi connectivity index (χ1) is 9.15. The van der Waals surface area contributed by atoms with Gasteiger partial charge in [-0.2, -0.15) is 0 Å². The lowest BCUT2D eigenvalue weighted by molar-refractivity contribution is 0.0523. The van der Waals surface area contributed by atoms with E-state index in [-0.39, 0.29) is 18.0 Å². The minimum atomic E-state index is -0.493. The molecule has 0 amide bonds. The van der Waals surface area contributed by atoms with Gasteiger partial charge >= 0.3 is 5.97 Å². The molecule has 0 unspecified atom stereocenters. The molecule has 0 spiro atoms. The van der Waals surface area contributed by atoms with Crippen molar-refractivity contribution in [2.24, 2.45) is 0 Å². The van der Waals surface area contributed by atoms with Crippen LogP contribution in [0.3, 0.4) is 0 Å². The SMILES string of the molecule is CCOC(=O)c1c(Br)csc1C(=O)c1ccncc1. The van der Waals surface area contributed by atoms with Crippen LogP contribution in [-0.2, 0) is 4.74 Å². The normalized spacial score (nSPS) is 10.2. The van der Waals surface area contributed by atoms with Gasteiger partial charge in [0.2, 0.25) is 5.78 Å². The number of halogens is 1. The Hall–Kier alpha value is -1.53. The molecule has 2 aromatic heterocycles. The third kappa shape index (κ3) is 2.90. The zero-order valence-electron chi connectivity index (χ0n) is 10.1. The molecule has 4 nitrogen and oxygen atoms in total. The smallest absolute Gasteiger partial charge is 0.340 e. The summed E-state index contributed by atoms with van der Waals surface area (Å²) in [7, 11) is 0. The van der Waals surface area contributed by atoms with Gasteiger partial charge in [0.05, 0.1) is 17.0 Å². The highest BCUT2D eigenvalue weighted by Crippen LogP contribution is 2.30. The first-order valence-electron chi connectivity index (χ1n) is 5.54. The van der Waals surface area contributed by atoms with Gasteiger partial charge < -0.3 is 4.74 Å². The van der Waals surface area contributed by atoms with Gasteiger partial charge in [-0.1, -0.05) is 0 Å². The van der Waals surface area contributed by atoms with Crippen LogP contribution in [0.4, 0.5) is 0 Å². The maximum atomic E-state index is 12.3. The Morgan fingerprint density at radius 1 is 1.37 bits per heavy atom. The van der Waals surface area contributed by atoms with Crippen LogP contribution in [0, 0.1) is 0 Å². The first kappa shape index (κ1) is 13.9. The molecule has 0 saturated heterocycles. The van der Waals surface area contributed by atoms with E-state index in [0.29, 0.717) is 14.9 Å². The average Bonchev–Trinajstić information content (AvgIpc) is 2.81. The van der Waals surface area contributed by atoms with Crippen molar-refractivity contribution in [1.82, 2.24) is 4.98 Å². The van der Waals surface area contributed by atoms with E-state index in [1.54, 1.807) is 36.8 Å². The van der Waals surface area contributed by atoms with Crippen molar-refractivity contribution in [2.45, 2.75) is 6.92 Å². The van der Waals surface area contributed by atoms with Gasteiger partial charge in [0.1, 0.15) is 0 Å². The van der Waals surface area contributed by atoms with Crippen LogP contribution in [0.15, 0.2) is 34.4 Å². The second-order valence-corrected chi connectivity index (χ2v) is 5.31. The molecule has 0 atom stereocenters. The van der Waals surface area contributed by atoms with Crippen molar-refractivity contribution >= 4 is 39.0 Å². The second kappa shape index (κ2) is 6.08. The Balaban J connectivity index is 2.41. The van der Waals surface area contributed by atoms with Gasteiger partial charge in [0.25, 0.3) is 0 Å². The summed E-state index contributed by atoms with van der Waals surface area (Å²) in [5.41, 5.74) is 0.781. The van der Waals surface area contributed by atoms with Crippen LogP contribution in [0.1, 0.15) is 32.5 Å². The Kier molecular flexibility index (Phi) is 4.44. The summed E-state index contributed by atoms with van der Waals surface area (Å²) in [6, 6.07) is 3.23. The highest BCUT2D eigenvalue weighted by atomic mass is 79.9. The van der Waals surface area contributed by atoms with Crippen LogP contribution < -0.4 is 0 Å². The summed E-state index contributed by atoms with van der Waals surface area (Å²) in [4.78, 5) is 28.5. The van der Waals surface area contributed by atoms with E-state index in [2.05, 4.69) is 20.9 Å². The van der Waals surface area contributed by atoms with Crippen molar-refractivity contribution in [3.05, 3.63) is 50.4 Å². The van der Waals surface area contributed by atoms with Gasteiger partial charge in [0, 0.05) is 27.8 Å². The van der Waals surface area contributed by atoms with Gasteiger partial charge in [-0.25, -0.2) is 4.79 Å². The quantitative estimate of drug-likeness (QED) is 0.633. The third-order valence-electron chi connectivity index (χ3n) is 2.37. The Bertz CT molecular complexity index is 610. The molecule has 2 rings (SSSR count). The number of carbonyl (C=O) groups is 2. The number of thiophene rings is 1. The summed E-state index contributed by atoms with van der Waals surface area (Å²) in [6.07, 6.45) is 3.08. The van der Waals surface area contributed by atoms with Crippen molar-refractivity contribution < 1.29 is 14.3 Å². The molecule has 98 valence electrons. The largest absolute Gasteiger partial charge is 0.462 e. The number of esters is 1. The number of pyridine rings is 1. The van der Waals surface area contributed by atoms with Gasteiger partial charge in [-0.15, -0.1) is 11.3 Å². The monoisotopic (exact) mass is 339 g/mol. The van der Waals surface area contributed by atoms with E-state index in [1.165, 1.54) is 11.3 Å². The van der Waals surface area contributed by atoms with Gasteiger partial charge in [-0.05, 0) is 35.0 Å². The lowest BCUT2D eigenvalue weighted by Crippen LogP contribution is -2.10. The molecule has 0 fully saturated rings. The van der Waals surface area contributed by atoms with Crippen LogP contribution in [0.25, 0.3) is 0 Å². The molecule has 0 aliphatic rings. The van der Waals surface area contributed by atoms with Crippen molar-refractivity contribution in [3.63, 3.8) is 0 Å². The number of aromatic nitrogens is 1. The molecule has 6 heteroatoms. The Morgan fingerprint density at radius 3 is 2.68 bits per heavy atom. The lowest BCUT2D eigenvalue weighted by atomic mass is 10.1. The van der Waals surface area contributed by atoms with Crippen molar-refractivity contribution in [2.75, 3.05) is 6.61 Å². The van der Waals surface area contributed by atoms with Crippen molar-refractivity contribution in [1.29, 1.82) is 0 Å². The molecule has 2 aromatic rings. The average molecular weight is 340 g/mol. The number of ketones is 1. The summed E-state index contributed by atoms with van der Waals surface area (Å²) in [5, 5.41) is 1.71. The number of carbonyl (C=O) groups excluding carboxylic acids is 2. The zero-order valence-corrected chi connectivity index (χ0v) is 12.5. The predicted molar refractivity (Wildman–Crippen MR) is 75.6 cm³/mol. The topological polar surface area (TPSA) is 56.3 Å². The molecule has 0 radical (unpaired) electrons. The highest BCUT2D eigenvalue weighted by Gasteiger charge is 2.24. The molecular weight excluding hydrogens is 330 g/mol. The number of nitrogens with zero attached hydrogens (tertiary/aromatic N) is 1. The lowest BCUT2D eigenvalue weighted by Gasteiger charge is -2.04. The van der Waals surface area contributed by atoms with E-state index in [9.17, 15) is 9.59 Å². The standard InChI is InChI=1S/C13H10BrNO3S/c1-2-18-13(17)10-9(14)7-19-12(10)11(16)8-3-5-15-6-4-8/h3-7H,2H2,1H3. The molecule has 19 heavy (non-hydrogen) atoms. The maximum Gasteiger partial charge on any atom is 0.340 e.